The monoisotopic (exact) mass is 356 g/mol. The summed E-state index contributed by atoms with van der Waals surface area (Å²) < 4.78 is 32.8. The molecular formula is C21H18F2O3. The van der Waals surface area contributed by atoms with Crippen LogP contribution in [-0.2, 0) is 4.79 Å². The van der Waals surface area contributed by atoms with Crippen molar-refractivity contribution in [2.24, 2.45) is 0 Å². The molecule has 1 saturated carbocycles. The molecule has 0 bridgehead atoms. The van der Waals surface area contributed by atoms with Crippen LogP contribution in [0.4, 0.5) is 8.78 Å². The molecule has 0 saturated heterocycles. The van der Waals surface area contributed by atoms with Crippen molar-refractivity contribution < 1.29 is 23.4 Å². The van der Waals surface area contributed by atoms with E-state index in [1.807, 2.05) is 0 Å². The number of hydrogen-bond acceptors (Lipinski definition) is 3. The third kappa shape index (κ3) is 3.67. The molecule has 5 heteroatoms. The van der Waals surface area contributed by atoms with E-state index in [0.29, 0.717) is 41.7 Å². The number of halogens is 2. The van der Waals surface area contributed by atoms with Crippen LogP contribution in [0.5, 0.6) is 11.5 Å². The van der Waals surface area contributed by atoms with Crippen LogP contribution in [0.25, 0.3) is 12.2 Å². The minimum Gasteiger partial charge on any atom is -0.504 e. The number of hydrogen-bond donors (Lipinski definition) is 1. The molecule has 0 aromatic heterocycles. The molecule has 2 aromatic carbocycles. The minimum absolute atomic E-state index is 0.0141. The van der Waals surface area contributed by atoms with Crippen molar-refractivity contribution in [3.8, 4) is 11.5 Å². The molecule has 3 rings (SSSR count). The third-order valence-electron chi connectivity index (χ3n) is 4.34. The fourth-order valence-electron chi connectivity index (χ4n) is 2.99. The Bertz CT molecular complexity index is 893. The Morgan fingerprint density at radius 1 is 1.04 bits per heavy atom. The van der Waals surface area contributed by atoms with Crippen molar-refractivity contribution in [2.45, 2.75) is 19.3 Å². The average molecular weight is 356 g/mol. The third-order valence-corrected chi connectivity index (χ3v) is 4.34. The average Bonchev–Trinajstić information content (AvgIpc) is 2.62. The highest BCUT2D eigenvalue weighted by atomic mass is 19.1. The SMILES string of the molecule is COc1cc(/C=C2\CCC/C(=C\c3c(F)cccc3F)C2=O)ccc1O. The number of ether oxygens (including phenoxy) is 1. The van der Waals surface area contributed by atoms with E-state index in [0.717, 1.165) is 0 Å². The second kappa shape index (κ2) is 7.52. The van der Waals surface area contributed by atoms with Crippen molar-refractivity contribution >= 4 is 17.9 Å². The Labute approximate surface area is 150 Å². The Hall–Kier alpha value is -2.95. The number of allylic oxidation sites excluding steroid dienone is 2. The quantitative estimate of drug-likeness (QED) is 0.796. The van der Waals surface area contributed by atoms with Gasteiger partial charge in [-0.15, -0.1) is 0 Å². The zero-order chi connectivity index (χ0) is 18.7. The van der Waals surface area contributed by atoms with Crippen molar-refractivity contribution in [1.29, 1.82) is 0 Å². The summed E-state index contributed by atoms with van der Waals surface area (Å²) in [5.41, 5.74) is 1.47. The van der Waals surface area contributed by atoms with Crippen molar-refractivity contribution in [2.75, 3.05) is 7.11 Å². The summed E-state index contributed by atoms with van der Waals surface area (Å²) in [6.07, 6.45) is 4.79. The van der Waals surface area contributed by atoms with Crippen molar-refractivity contribution in [1.82, 2.24) is 0 Å². The zero-order valence-corrected chi connectivity index (χ0v) is 14.3. The van der Waals surface area contributed by atoms with Gasteiger partial charge in [0.2, 0.25) is 0 Å². The number of rotatable bonds is 3. The number of ketones is 1. The van der Waals surface area contributed by atoms with Gasteiger partial charge in [0.05, 0.1) is 7.11 Å². The van der Waals surface area contributed by atoms with Gasteiger partial charge in [-0.2, -0.15) is 0 Å². The molecular weight excluding hydrogens is 338 g/mol. The first kappa shape index (κ1) is 17.9. The van der Waals surface area contributed by atoms with Gasteiger partial charge in [0.25, 0.3) is 0 Å². The predicted molar refractivity (Wildman–Crippen MR) is 95.8 cm³/mol. The van der Waals surface area contributed by atoms with E-state index < -0.39 is 11.6 Å². The number of carbonyl (C=O) groups excluding carboxylic acids is 1. The summed E-state index contributed by atoms with van der Waals surface area (Å²) in [5.74, 6) is -1.27. The van der Waals surface area contributed by atoms with E-state index in [-0.39, 0.29) is 17.1 Å². The van der Waals surface area contributed by atoms with Gasteiger partial charge in [0.15, 0.2) is 17.3 Å². The number of methoxy groups -OCH3 is 1. The minimum atomic E-state index is -0.690. The maximum absolute atomic E-state index is 13.8. The first-order valence-electron chi connectivity index (χ1n) is 8.26. The van der Waals surface area contributed by atoms with Gasteiger partial charge in [-0.05, 0) is 61.2 Å². The van der Waals surface area contributed by atoms with Crippen LogP contribution < -0.4 is 4.74 Å². The molecule has 0 spiro atoms. The Kier molecular flexibility index (Phi) is 5.16. The molecule has 3 nitrogen and oxygen atoms in total. The van der Waals surface area contributed by atoms with Gasteiger partial charge < -0.3 is 9.84 Å². The van der Waals surface area contributed by atoms with E-state index in [2.05, 4.69) is 0 Å². The molecule has 1 N–H and O–H groups in total. The highest BCUT2D eigenvalue weighted by Crippen LogP contribution is 2.31. The highest BCUT2D eigenvalue weighted by molar-refractivity contribution is 6.14. The molecule has 134 valence electrons. The molecule has 26 heavy (non-hydrogen) atoms. The fourth-order valence-corrected chi connectivity index (χ4v) is 2.99. The molecule has 0 atom stereocenters. The van der Waals surface area contributed by atoms with Crippen LogP contribution in [0.2, 0.25) is 0 Å². The van der Waals surface area contributed by atoms with E-state index in [4.69, 9.17) is 4.74 Å². The van der Waals surface area contributed by atoms with Crippen LogP contribution in [-0.4, -0.2) is 18.0 Å². The van der Waals surface area contributed by atoms with Crippen molar-refractivity contribution in [3.63, 3.8) is 0 Å². The summed E-state index contributed by atoms with van der Waals surface area (Å²) in [4.78, 5) is 12.7. The summed E-state index contributed by atoms with van der Waals surface area (Å²) in [5, 5.41) is 9.66. The fraction of sp³-hybridized carbons (Fsp3) is 0.190. The van der Waals surface area contributed by atoms with Gasteiger partial charge in [-0.25, -0.2) is 8.78 Å². The summed E-state index contributed by atoms with van der Waals surface area (Å²) in [6.45, 7) is 0. The number of benzene rings is 2. The van der Waals surface area contributed by atoms with Gasteiger partial charge >= 0.3 is 0 Å². The predicted octanol–water partition coefficient (Wildman–Crippen LogP) is 4.90. The number of aromatic hydroxyl groups is 1. The highest BCUT2D eigenvalue weighted by Gasteiger charge is 2.21. The second-order valence-corrected chi connectivity index (χ2v) is 6.09. The van der Waals surface area contributed by atoms with Crippen LogP contribution >= 0.6 is 0 Å². The van der Waals surface area contributed by atoms with Crippen LogP contribution in [0.15, 0.2) is 47.5 Å². The number of phenolic OH excluding ortho intramolecular Hbond substituents is 1. The Balaban J connectivity index is 1.94. The maximum Gasteiger partial charge on any atom is 0.185 e. The standard InChI is InChI=1S/C21H18F2O3/c1-26-20-11-13(8-9-19(20)24)10-14-4-2-5-15(21(14)25)12-16-17(22)6-3-7-18(16)23/h3,6-12,24H,2,4-5H2,1H3/b14-10+,15-12+. The zero-order valence-electron chi connectivity index (χ0n) is 14.3. The number of carbonyl (C=O) groups is 1. The largest absolute Gasteiger partial charge is 0.504 e. The van der Waals surface area contributed by atoms with E-state index in [1.54, 1.807) is 18.2 Å². The van der Waals surface area contributed by atoms with Gasteiger partial charge in [0.1, 0.15) is 11.6 Å². The molecule has 1 fully saturated rings. The van der Waals surface area contributed by atoms with Crippen molar-refractivity contribution in [3.05, 3.63) is 70.3 Å². The lowest BCUT2D eigenvalue weighted by Crippen LogP contribution is -2.12. The second-order valence-electron chi connectivity index (χ2n) is 6.09. The summed E-state index contributed by atoms with van der Waals surface area (Å²) in [6, 6.07) is 8.42. The lowest BCUT2D eigenvalue weighted by Gasteiger charge is -2.17. The van der Waals surface area contributed by atoms with Crippen LogP contribution in [0.3, 0.4) is 0 Å². The van der Waals surface area contributed by atoms with E-state index in [1.165, 1.54) is 37.5 Å². The molecule has 1 aliphatic rings. The Morgan fingerprint density at radius 3 is 2.35 bits per heavy atom. The van der Waals surface area contributed by atoms with Crippen LogP contribution in [0, 0.1) is 11.6 Å². The van der Waals surface area contributed by atoms with Gasteiger partial charge in [-0.1, -0.05) is 12.1 Å². The normalized spacial score (nSPS) is 17.7. The molecule has 0 unspecified atom stereocenters. The van der Waals surface area contributed by atoms with E-state index >= 15 is 0 Å². The molecule has 0 radical (unpaired) electrons. The molecule has 0 aliphatic heterocycles. The topological polar surface area (TPSA) is 46.5 Å². The molecule has 0 heterocycles. The lowest BCUT2D eigenvalue weighted by atomic mass is 9.86. The molecule has 1 aliphatic carbocycles. The summed E-state index contributed by atoms with van der Waals surface area (Å²) >= 11 is 0. The molecule has 2 aromatic rings. The number of phenols is 1. The summed E-state index contributed by atoms with van der Waals surface area (Å²) in [7, 11) is 1.45. The first-order valence-corrected chi connectivity index (χ1v) is 8.26. The smallest absolute Gasteiger partial charge is 0.185 e. The van der Waals surface area contributed by atoms with E-state index in [9.17, 15) is 18.7 Å². The van der Waals surface area contributed by atoms with Gasteiger partial charge in [-0.3, -0.25) is 4.79 Å². The van der Waals surface area contributed by atoms with Gasteiger partial charge in [0, 0.05) is 16.7 Å². The van der Waals surface area contributed by atoms with Crippen LogP contribution in [0.1, 0.15) is 30.4 Å². The Morgan fingerprint density at radius 2 is 1.69 bits per heavy atom. The number of Topliss-reactive ketones (excluding diaryl/α,β-unsaturated/α-hetero) is 1. The maximum atomic E-state index is 13.8. The lowest BCUT2D eigenvalue weighted by molar-refractivity contribution is -0.112. The molecule has 0 amide bonds. The first-order chi connectivity index (χ1) is 12.5.